The Labute approximate surface area is 263 Å². The SMILES string of the molecule is C=CC(=O)N(C)Cc1cc2ccccc2n1C.CN(Cc1cc2ccccc2n1C)C(=O)/C=C/c1cnc2c(c1)CCC(=O)N2. The van der Waals surface area contributed by atoms with Gasteiger partial charge in [-0.2, -0.15) is 0 Å². The van der Waals surface area contributed by atoms with Crippen LogP contribution in [0.4, 0.5) is 5.82 Å². The molecule has 9 heteroatoms. The molecule has 0 unspecified atom stereocenters. The number of rotatable bonds is 7. The van der Waals surface area contributed by atoms with Crippen molar-refractivity contribution >= 4 is 51.4 Å². The predicted octanol–water partition coefficient (Wildman–Crippen LogP) is 5.45. The zero-order valence-electron chi connectivity index (χ0n) is 26.2. The normalized spacial score (nSPS) is 12.4. The number of amides is 3. The molecule has 4 heterocycles. The molecule has 5 aromatic rings. The van der Waals surface area contributed by atoms with E-state index in [1.807, 2.05) is 44.4 Å². The summed E-state index contributed by atoms with van der Waals surface area (Å²) in [4.78, 5) is 43.0. The molecule has 3 aromatic heterocycles. The molecule has 0 bridgehead atoms. The lowest BCUT2D eigenvalue weighted by Crippen LogP contribution is -2.25. The lowest BCUT2D eigenvalue weighted by atomic mass is 10.0. The van der Waals surface area contributed by atoms with Crippen LogP contribution in [0.25, 0.3) is 27.9 Å². The van der Waals surface area contributed by atoms with Crippen LogP contribution >= 0.6 is 0 Å². The first-order valence-corrected chi connectivity index (χ1v) is 14.8. The standard InChI is InChI=1S/C22H22N4O2.C14H16N2O/c1-25(14-18-12-16-5-3-4-6-19(16)26(18)2)21(28)10-7-15-11-17-8-9-20(27)24-22(17)23-13-15;1-4-14(17)15(2)10-12-9-11-7-5-6-8-13(11)16(12)3/h3-7,10-13H,8-9,14H2,1-2H3,(H,23,24,27);4-9H,1,10H2,2-3H3/b10-7+;. The summed E-state index contributed by atoms with van der Waals surface area (Å²) < 4.78 is 4.23. The fourth-order valence-electron chi connectivity index (χ4n) is 5.45. The van der Waals surface area contributed by atoms with E-state index < -0.39 is 0 Å². The second-order valence-electron chi connectivity index (χ2n) is 11.3. The Morgan fingerprint density at radius 1 is 0.867 bits per heavy atom. The number of anilines is 1. The van der Waals surface area contributed by atoms with Gasteiger partial charge in [0.2, 0.25) is 17.7 Å². The lowest BCUT2D eigenvalue weighted by molar-refractivity contribution is -0.126. The molecule has 3 amide bonds. The summed E-state index contributed by atoms with van der Waals surface area (Å²) in [5.41, 5.74) is 6.38. The molecule has 1 N–H and O–H groups in total. The van der Waals surface area contributed by atoms with E-state index in [1.165, 1.54) is 22.4 Å². The molecular formula is C36H38N6O3. The third kappa shape index (κ3) is 7.04. The zero-order valence-corrected chi connectivity index (χ0v) is 26.2. The van der Waals surface area contributed by atoms with Crippen LogP contribution in [0.3, 0.4) is 0 Å². The van der Waals surface area contributed by atoms with Gasteiger partial charge in [-0.15, -0.1) is 0 Å². The molecule has 0 fully saturated rings. The van der Waals surface area contributed by atoms with Crippen LogP contribution < -0.4 is 5.32 Å². The molecule has 1 aliphatic heterocycles. The monoisotopic (exact) mass is 602 g/mol. The van der Waals surface area contributed by atoms with Crippen molar-refractivity contribution in [1.82, 2.24) is 23.9 Å². The number of benzene rings is 2. The third-order valence-electron chi connectivity index (χ3n) is 8.11. The predicted molar refractivity (Wildman–Crippen MR) is 179 cm³/mol. The number of aromatic nitrogens is 3. The molecule has 45 heavy (non-hydrogen) atoms. The van der Waals surface area contributed by atoms with Gasteiger partial charge in [-0.25, -0.2) is 4.98 Å². The minimum absolute atomic E-state index is 0.00608. The number of hydrogen-bond acceptors (Lipinski definition) is 4. The molecular weight excluding hydrogens is 564 g/mol. The van der Waals surface area contributed by atoms with Crippen molar-refractivity contribution in [2.75, 3.05) is 19.4 Å². The number of pyridine rings is 1. The van der Waals surface area contributed by atoms with Gasteiger partial charge in [0, 0.05) is 69.3 Å². The Morgan fingerprint density at radius 3 is 1.98 bits per heavy atom. The molecule has 2 aromatic carbocycles. The largest absolute Gasteiger partial charge is 0.346 e. The second kappa shape index (κ2) is 13.5. The molecule has 6 rings (SSSR count). The average molecular weight is 603 g/mol. The van der Waals surface area contributed by atoms with E-state index in [2.05, 4.69) is 62.4 Å². The van der Waals surface area contributed by atoms with Crippen LogP contribution in [-0.2, 0) is 48.0 Å². The van der Waals surface area contributed by atoms with Crippen molar-refractivity contribution in [3.63, 3.8) is 0 Å². The van der Waals surface area contributed by atoms with E-state index in [0.717, 1.165) is 28.0 Å². The molecule has 9 nitrogen and oxygen atoms in total. The zero-order chi connectivity index (χ0) is 32.1. The van der Waals surface area contributed by atoms with Crippen LogP contribution in [0.2, 0.25) is 0 Å². The fourth-order valence-corrected chi connectivity index (χ4v) is 5.45. The van der Waals surface area contributed by atoms with Crippen LogP contribution in [0.15, 0.2) is 91.7 Å². The van der Waals surface area contributed by atoms with Gasteiger partial charge in [-0.05, 0) is 70.8 Å². The quantitative estimate of drug-likeness (QED) is 0.251. The summed E-state index contributed by atoms with van der Waals surface area (Å²) in [6.07, 6.45) is 7.47. The maximum atomic E-state index is 12.5. The maximum absolute atomic E-state index is 12.5. The molecule has 0 saturated heterocycles. The number of nitrogens with one attached hydrogen (secondary N) is 1. The number of carbonyl (C=O) groups excluding carboxylic acids is 3. The van der Waals surface area contributed by atoms with Gasteiger partial charge >= 0.3 is 0 Å². The van der Waals surface area contributed by atoms with Crippen LogP contribution in [0, 0.1) is 0 Å². The first-order chi connectivity index (χ1) is 21.6. The number of fused-ring (bicyclic) bond motifs is 3. The van der Waals surface area contributed by atoms with Crippen LogP contribution in [-0.4, -0.2) is 55.7 Å². The summed E-state index contributed by atoms with van der Waals surface area (Å²) in [5, 5.41) is 5.13. The summed E-state index contributed by atoms with van der Waals surface area (Å²) in [5.74, 6) is 0.479. The average Bonchev–Trinajstić information content (AvgIpc) is 3.54. The van der Waals surface area contributed by atoms with Gasteiger partial charge < -0.3 is 24.3 Å². The topological polar surface area (TPSA) is 92.5 Å². The summed E-state index contributed by atoms with van der Waals surface area (Å²) in [7, 11) is 7.61. The fraction of sp³-hybridized carbons (Fsp3) is 0.222. The highest BCUT2D eigenvalue weighted by Gasteiger charge is 2.16. The number of aryl methyl sites for hydroxylation is 3. The molecule has 0 saturated carbocycles. The smallest absolute Gasteiger partial charge is 0.246 e. The van der Waals surface area contributed by atoms with Crippen molar-refractivity contribution in [3.8, 4) is 0 Å². The van der Waals surface area contributed by atoms with Crippen LogP contribution in [0.5, 0.6) is 0 Å². The van der Waals surface area contributed by atoms with E-state index in [9.17, 15) is 14.4 Å². The second-order valence-corrected chi connectivity index (χ2v) is 11.3. The Bertz CT molecular complexity index is 1930. The van der Waals surface area contributed by atoms with Gasteiger partial charge in [-0.1, -0.05) is 43.0 Å². The minimum atomic E-state index is -0.0729. The van der Waals surface area contributed by atoms with Gasteiger partial charge in [0.25, 0.3) is 0 Å². The third-order valence-corrected chi connectivity index (χ3v) is 8.11. The summed E-state index contributed by atoms with van der Waals surface area (Å²) in [6.45, 7) is 4.61. The molecule has 230 valence electrons. The van der Waals surface area contributed by atoms with E-state index in [4.69, 9.17) is 0 Å². The number of hydrogen-bond donors (Lipinski definition) is 1. The lowest BCUT2D eigenvalue weighted by Gasteiger charge is -2.16. The van der Waals surface area contributed by atoms with E-state index in [-0.39, 0.29) is 17.7 Å². The Morgan fingerprint density at radius 2 is 1.42 bits per heavy atom. The number of nitrogens with zero attached hydrogens (tertiary/aromatic N) is 5. The van der Waals surface area contributed by atoms with Gasteiger partial charge in [-0.3, -0.25) is 14.4 Å². The summed E-state index contributed by atoms with van der Waals surface area (Å²) >= 11 is 0. The molecule has 1 aliphatic rings. The Hall–Kier alpha value is -5.44. The highest BCUT2D eigenvalue weighted by molar-refractivity contribution is 5.94. The van der Waals surface area contributed by atoms with Crippen molar-refractivity contribution in [2.45, 2.75) is 25.9 Å². The van der Waals surface area contributed by atoms with E-state index in [1.54, 1.807) is 42.2 Å². The molecule has 0 atom stereocenters. The van der Waals surface area contributed by atoms with Gasteiger partial charge in [0.05, 0.1) is 13.1 Å². The van der Waals surface area contributed by atoms with Gasteiger partial charge in [0.15, 0.2) is 0 Å². The molecule has 0 radical (unpaired) electrons. The van der Waals surface area contributed by atoms with Crippen LogP contribution in [0.1, 0.15) is 28.9 Å². The maximum Gasteiger partial charge on any atom is 0.246 e. The summed E-state index contributed by atoms with van der Waals surface area (Å²) in [6, 6.07) is 22.6. The van der Waals surface area contributed by atoms with Crippen molar-refractivity contribution in [3.05, 3.63) is 114 Å². The first-order valence-electron chi connectivity index (χ1n) is 14.8. The number of likely N-dealkylation sites (N-methyl/N-ethyl adjacent to an activating group) is 2. The Kier molecular flexibility index (Phi) is 9.28. The first kappa shape index (κ1) is 31.0. The molecule has 0 spiro atoms. The van der Waals surface area contributed by atoms with Crippen molar-refractivity contribution in [2.24, 2.45) is 14.1 Å². The van der Waals surface area contributed by atoms with E-state index >= 15 is 0 Å². The highest BCUT2D eigenvalue weighted by Crippen LogP contribution is 2.22. The highest BCUT2D eigenvalue weighted by atomic mass is 16.2. The van der Waals surface area contributed by atoms with Gasteiger partial charge in [0.1, 0.15) is 5.82 Å². The Balaban J connectivity index is 0.000000201. The van der Waals surface area contributed by atoms with E-state index in [0.29, 0.717) is 31.7 Å². The van der Waals surface area contributed by atoms with Crippen molar-refractivity contribution in [1.29, 1.82) is 0 Å². The number of para-hydroxylation sites is 2. The minimum Gasteiger partial charge on any atom is -0.346 e. The molecule has 0 aliphatic carbocycles. The van der Waals surface area contributed by atoms with Crippen molar-refractivity contribution < 1.29 is 14.4 Å². The number of carbonyl (C=O) groups is 3.